The van der Waals surface area contributed by atoms with Gasteiger partial charge in [0.2, 0.25) is 12.3 Å². The first-order chi connectivity index (χ1) is 17.4. The summed E-state index contributed by atoms with van der Waals surface area (Å²) < 4.78 is 100. The van der Waals surface area contributed by atoms with Crippen LogP contribution in [0.25, 0.3) is 33.7 Å². The van der Waals surface area contributed by atoms with Crippen molar-refractivity contribution in [3.05, 3.63) is 88.7 Å². The van der Waals surface area contributed by atoms with Crippen molar-refractivity contribution in [1.82, 2.24) is 15.1 Å². The summed E-state index contributed by atoms with van der Waals surface area (Å²) in [6.45, 7) is 0.0325. The molecule has 0 saturated heterocycles. The van der Waals surface area contributed by atoms with Crippen LogP contribution in [0.15, 0.2) is 65.4 Å². The highest BCUT2D eigenvalue weighted by Crippen LogP contribution is 2.40. The van der Waals surface area contributed by atoms with Crippen molar-refractivity contribution in [3.8, 4) is 22.6 Å². The molecule has 0 spiro atoms. The summed E-state index contributed by atoms with van der Waals surface area (Å²) in [5.41, 5.74) is -2.49. The Morgan fingerprint density at radius 3 is 2.46 bits per heavy atom. The maximum absolute atomic E-state index is 14.4. The van der Waals surface area contributed by atoms with Gasteiger partial charge < -0.3 is 9.51 Å². The summed E-state index contributed by atoms with van der Waals surface area (Å²) >= 11 is 5.84. The van der Waals surface area contributed by atoms with E-state index in [1.54, 1.807) is 29.1 Å². The van der Waals surface area contributed by atoms with Crippen LogP contribution in [-0.2, 0) is 18.9 Å². The Kier molecular flexibility index (Phi) is 5.94. The molecule has 5 aromatic rings. The Balaban J connectivity index is 1.44. The Morgan fingerprint density at radius 2 is 1.73 bits per heavy atom. The maximum Gasteiger partial charge on any atom is 0.417 e. The topological polar surface area (TPSA) is 58.6 Å². The number of imidazole rings is 1. The predicted octanol–water partition coefficient (Wildman–Crippen LogP) is 7.05. The normalized spacial score (nSPS) is 12.4. The average molecular weight is 542 g/mol. The predicted molar refractivity (Wildman–Crippen MR) is 118 cm³/mol. The molecule has 0 fully saturated rings. The number of aromatic nitrogens is 4. The molecule has 5 rings (SSSR count). The fourth-order valence-corrected chi connectivity index (χ4v) is 3.96. The van der Waals surface area contributed by atoms with Crippen molar-refractivity contribution in [1.29, 1.82) is 0 Å². The van der Waals surface area contributed by atoms with E-state index in [-0.39, 0.29) is 40.5 Å². The number of alkyl halides is 6. The first-order valence-electron chi connectivity index (χ1n) is 10.5. The van der Waals surface area contributed by atoms with Crippen LogP contribution in [0.4, 0.5) is 30.7 Å². The van der Waals surface area contributed by atoms with E-state index in [1.807, 2.05) is 0 Å². The van der Waals surface area contributed by atoms with E-state index >= 15 is 0 Å². The number of benzene rings is 2. The van der Waals surface area contributed by atoms with Crippen molar-refractivity contribution < 1.29 is 39.8 Å². The fraction of sp³-hybridized carbons (Fsp3) is 0.125. The maximum atomic E-state index is 14.4. The molecule has 5 nitrogen and oxygen atoms in total. The number of pyridine rings is 1. The number of rotatable bonds is 4. The van der Waals surface area contributed by atoms with E-state index in [4.69, 9.17) is 16.1 Å². The van der Waals surface area contributed by atoms with Gasteiger partial charge in [0.15, 0.2) is 18.2 Å². The van der Waals surface area contributed by atoms with Crippen molar-refractivity contribution >= 4 is 22.6 Å². The Hall–Kier alpha value is -3.93. The molecule has 0 radical (unpaired) electrons. The molecule has 0 unspecified atom stereocenters. The van der Waals surface area contributed by atoms with E-state index in [0.717, 1.165) is 0 Å². The van der Waals surface area contributed by atoms with E-state index in [2.05, 4.69) is 15.1 Å². The van der Waals surface area contributed by atoms with Gasteiger partial charge in [-0.15, -0.1) is 0 Å². The Bertz CT molecular complexity index is 1620. The summed E-state index contributed by atoms with van der Waals surface area (Å²) in [7, 11) is 0. The van der Waals surface area contributed by atoms with E-state index in [1.165, 1.54) is 18.2 Å². The van der Waals surface area contributed by atoms with Gasteiger partial charge in [0.1, 0.15) is 22.6 Å². The molecule has 3 aromatic heterocycles. The van der Waals surface area contributed by atoms with Crippen LogP contribution in [0.1, 0.15) is 16.9 Å². The number of nitrogens with one attached hydrogen (secondary N) is 1. The van der Waals surface area contributed by atoms with Crippen LogP contribution in [-0.4, -0.2) is 15.1 Å². The Morgan fingerprint density at radius 1 is 0.946 bits per heavy atom. The first-order valence-corrected chi connectivity index (χ1v) is 10.9. The van der Waals surface area contributed by atoms with Gasteiger partial charge in [-0.1, -0.05) is 28.9 Å². The molecule has 0 aliphatic rings. The second-order valence-corrected chi connectivity index (χ2v) is 8.44. The molecule has 0 bridgehead atoms. The standard InChI is InChI=1S/C24H12ClF7N4O/c25-17-3-1-2-15(21(17)26)22-33-18-6-7-36(11-20(18)34-22)10-13-9-19(35-37-13)14-5-4-12(23(27,28)29)8-16(14)24(30,31)32/h1-9,11H,10H2/p+1. The second kappa shape index (κ2) is 8.87. The monoisotopic (exact) mass is 541 g/mol. The molecule has 13 heteroatoms. The molecule has 190 valence electrons. The smallest absolute Gasteiger partial charge is 0.354 e. The van der Waals surface area contributed by atoms with Gasteiger partial charge in [-0.25, -0.2) is 9.37 Å². The molecule has 0 saturated carbocycles. The second-order valence-electron chi connectivity index (χ2n) is 8.04. The number of hydrogen-bond donors (Lipinski definition) is 1. The average Bonchev–Trinajstić information content (AvgIpc) is 3.46. The molecule has 37 heavy (non-hydrogen) atoms. The zero-order valence-electron chi connectivity index (χ0n) is 18.3. The minimum Gasteiger partial charge on any atom is -0.354 e. The number of H-pyrrole nitrogens is 1. The van der Waals surface area contributed by atoms with Crippen molar-refractivity contribution in [2.45, 2.75) is 18.9 Å². The van der Waals surface area contributed by atoms with Crippen molar-refractivity contribution in [2.24, 2.45) is 0 Å². The summed E-state index contributed by atoms with van der Waals surface area (Å²) in [4.78, 5) is 7.33. The zero-order valence-corrected chi connectivity index (χ0v) is 19.0. The molecule has 0 aliphatic heterocycles. The van der Waals surface area contributed by atoms with Crippen LogP contribution in [0.5, 0.6) is 0 Å². The highest BCUT2D eigenvalue weighted by Gasteiger charge is 2.39. The largest absolute Gasteiger partial charge is 0.417 e. The number of halogens is 8. The van der Waals surface area contributed by atoms with Crippen LogP contribution < -0.4 is 4.57 Å². The van der Waals surface area contributed by atoms with Gasteiger partial charge >= 0.3 is 12.4 Å². The molecule has 0 amide bonds. The molecule has 0 aliphatic carbocycles. The fourth-order valence-electron chi connectivity index (χ4n) is 3.79. The van der Waals surface area contributed by atoms with Crippen LogP contribution in [0.2, 0.25) is 5.02 Å². The van der Waals surface area contributed by atoms with Gasteiger partial charge in [-0.2, -0.15) is 30.9 Å². The number of fused-ring (bicyclic) bond motifs is 1. The van der Waals surface area contributed by atoms with Crippen LogP contribution >= 0.6 is 11.6 Å². The summed E-state index contributed by atoms with van der Waals surface area (Å²) in [6.07, 6.45) is -6.75. The third kappa shape index (κ3) is 4.88. The number of aromatic amines is 1. The van der Waals surface area contributed by atoms with E-state index in [0.29, 0.717) is 23.2 Å². The first kappa shape index (κ1) is 24.8. The quantitative estimate of drug-likeness (QED) is 0.196. The lowest BCUT2D eigenvalue weighted by molar-refractivity contribution is -0.688. The molecular formula is C24H13ClF7N4O+. The van der Waals surface area contributed by atoms with Gasteiger partial charge in [0, 0.05) is 17.7 Å². The molecule has 2 aromatic carbocycles. The molecular weight excluding hydrogens is 529 g/mol. The third-order valence-electron chi connectivity index (χ3n) is 5.51. The molecule has 1 N–H and O–H groups in total. The molecule has 0 atom stereocenters. The van der Waals surface area contributed by atoms with Gasteiger partial charge in [-0.05, 0) is 24.3 Å². The van der Waals surface area contributed by atoms with E-state index in [9.17, 15) is 30.7 Å². The number of hydrogen-bond acceptors (Lipinski definition) is 3. The van der Waals surface area contributed by atoms with Crippen molar-refractivity contribution in [2.75, 3.05) is 0 Å². The van der Waals surface area contributed by atoms with Gasteiger partial charge in [-0.3, -0.25) is 0 Å². The van der Waals surface area contributed by atoms with Gasteiger partial charge in [0.05, 0.1) is 21.7 Å². The lowest BCUT2D eigenvalue weighted by Gasteiger charge is -2.14. The van der Waals surface area contributed by atoms with Gasteiger partial charge in [0.25, 0.3) is 0 Å². The minimum atomic E-state index is -5.05. The van der Waals surface area contributed by atoms with Crippen molar-refractivity contribution in [3.63, 3.8) is 0 Å². The molecule has 3 heterocycles. The highest BCUT2D eigenvalue weighted by atomic mass is 35.5. The van der Waals surface area contributed by atoms with E-state index < -0.39 is 34.9 Å². The highest BCUT2D eigenvalue weighted by molar-refractivity contribution is 6.31. The minimum absolute atomic E-state index is 0.0325. The third-order valence-corrected chi connectivity index (χ3v) is 5.80. The van der Waals surface area contributed by atoms with Crippen LogP contribution in [0, 0.1) is 5.82 Å². The van der Waals surface area contributed by atoms with Crippen LogP contribution in [0.3, 0.4) is 0 Å². The summed E-state index contributed by atoms with van der Waals surface area (Å²) in [5.74, 6) is -0.239. The zero-order chi connectivity index (χ0) is 26.5. The lowest BCUT2D eigenvalue weighted by atomic mass is 10.0. The lowest BCUT2D eigenvalue weighted by Crippen LogP contribution is -2.32. The SMILES string of the molecule is Fc1c(Cl)cccc1-c1nc2cc[n+](Cc3cc(-c4ccc(C(F)(F)F)cc4C(F)(F)F)no3)cc2[nH]1. The Labute approximate surface area is 208 Å². The summed E-state index contributed by atoms with van der Waals surface area (Å²) in [6, 6.07) is 8.67. The summed E-state index contributed by atoms with van der Waals surface area (Å²) in [5, 5.41) is 3.57. The number of nitrogens with zero attached hydrogens (tertiary/aromatic N) is 3.